The van der Waals surface area contributed by atoms with Gasteiger partial charge in [0.05, 0.1) is 26.4 Å². The van der Waals surface area contributed by atoms with Crippen LogP contribution in [-0.2, 0) is 0 Å². The summed E-state index contributed by atoms with van der Waals surface area (Å²) >= 11 is 0. The highest BCUT2D eigenvalue weighted by atomic mass is 16.6. The minimum absolute atomic E-state index is 0.00376. The van der Waals surface area contributed by atoms with Gasteiger partial charge in [-0.1, -0.05) is 0 Å². The van der Waals surface area contributed by atoms with E-state index in [0.717, 1.165) is 18.2 Å². The normalized spacial score (nSPS) is 10.5. The maximum absolute atomic E-state index is 10.9. The Morgan fingerprint density at radius 2 is 1.12 bits per heavy atom. The topological polar surface area (TPSA) is 168 Å². The van der Waals surface area contributed by atoms with E-state index in [2.05, 4.69) is 10.2 Å². The summed E-state index contributed by atoms with van der Waals surface area (Å²) in [4.78, 5) is 30.4. The Hall–Kier alpha value is -4.22. The van der Waals surface area contributed by atoms with Crippen molar-refractivity contribution in [2.24, 2.45) is 0 Å². The molecule has 0 aliphatic carbocycles. The van der Waals surface area contributed by atoms with Crippen LogP contribution in [0.25, 0.3) is 22.9 Å². The standard InChI is InChI=1S/C14H7N5O7/c20-17(21)10-3-1-8(2-4-10)13-15-16-14(26-13)9-5-11(18(22)23)7-12(6-9)19(24)25/h1-7H. The van der Waals surface area contributed by atoms with Gasteiger partial charge in [0.2, 0.25) is 11.8 Å². The van der Waals surface area contributed by atoms with Crippen molar-refractivity contribution in [1.29, 1.82) is 0 Å². The van der Waals surface area contributed by atoms with E-state index >= 15 is 0 Å². The largest absolute Gasteiger partial charge is 0.416 e. The molecular formula is C14H7N5O7. The van der Waals surface area contributed by atoms with E-state index in [-0.39, 0.29) is 23.0 Å². The van der Waals surface area contributed by atoms with Crippen molar-refractivity contribution in [3.8, 4) is 22.9 Å². The highest BCUT2D eigenvalue weighted by Crippen LogP contribution is 2.31. The molecule has 0 aliphatic heterocycles. The first-order valence-corrected chi connectivity index (χ1v) is 6.88. The van der Waals surface area contributed by atoms with Crippen molar-refractivity contribution < 1.29 is 19.2 Å². The summed E-state index contributed by atoms with van der Waals surface area (Å²) in [7, 11) is 0. The summed E-state index contributed by atoms with van der Waals surface area (Å²) in [6, 6.07) is 8.24. The van der Waals surface area contributed by atoms with Crippen molar-refractivity contribution in [2.75, 3.05) is 0 Å². The van der Waals surface area contributed by atoms with Gasteiger partial charge in [-0.05, 0) is 12.1 Å². The minimum Gasteiger partial charge on any atom is -0.416 e. The SMILES string of the molecule is O=[N+]([O-])c1ccc(-c2nnc(-c3cc([N+](=O)[O-])cc([N+](=O)[O-])c3)o2)cc1. The van der Waals surface area contributed by atoms with Gasteiger partial charge in [-0.2, -0.15) is 0 Å². The fourth-order valence-electron chi connectivity index (χ4n) is 2.11. The van der Waals surface area contributed by atoms with Gasteiger partial charge in [-0.15, -0.1) is 10.2 Å². The van der Waals surface area contributed by atoms with Crippen LogP contribution in [0.3, 0.4) is 0 Å². The molecule has 1 aromatic heterocycles. The van der Waals surface area contributed by atoms with E-state index in [9.17, 15) is 30.3 Å². The van der Waals surface area contributed by atoms with Gasteiger partial charge in [-0.3, -0.25) is 30.3 Å². The van der Waals surface area contributed by atoms with Crippen molar-refractivity contribution >= 4 is 17.1 Å². The number of non-ortho nitro benzene ring substituents is 3. The van der Waals surface area contributed by atoms with Crippen LogP contribution in [0.1, 0.15) is 0 Å². The van der Waals surface area contributed by atoms with Gasteiger partial charge in [0.15, 0.2) is 0 Å². The Balaban J connectivity index is 2.00. The molecule has 0 aliphatic rings. The third-order valence-electron chi connectivity index (χ3n) is 3.32. The van der Waals surface area contributed by atoms with Crippen LogP contribution >= 0.6 is 0 Å². The molecule has 3 aromatic rings. The average Bonchev–Trinajstić information content (AvgIpc) is 3.11. The number of hydrogen-bond acceptors (Lipinski definition) is 9. The first-order valence-electron chi connectivity index (χ1n) is 6.88. The minimum atomic E-state index is -0.774. The highest BCUT2D eigenvalue weighted by Gasteiger charge is 2.20. The zero-order chi connectivity index (χ0) is 18.8. The molecular weight excluding hydrogens is 350 g/mol. The fourth-order valence-corrected chi connectivity index (χ4v) is 2.11. The number of nitrogens with zero attached hydrogens (tertiary/aromatic N) is 5. The molecule has 0 unspecified atom stereocenters. The predicted molar refractivity (Wildman–Crippen MR) is 85.1 cm³/mol. The summed E-state index contributed by atoms with van der Waals surface area (Å²) < 4.78 is 5.39. The monoisotopic (exact) mass is 357 g/mol. The molecule has 0 atom stereocenters. The van der Waals surface area contributed by atoms with Gasteiger partial charge in [0.25, 0.3) is 17.1 Å². The number of hydrogen-bond donors (Lipinski definition) is 0. The third kappa shape index (κ3) is 3.19. The van der Waals surface area contributed by atoms with Crippen LogP contribution in [0.5, 0.6) is 0 Å². The summed E-state index contributed by atoms with van der Waals surface area (Å²) in [5.74, 6) is -0.158. The molecule has 12 heteroatoms. The number of rotatable bonds is 5. The van der Waals surface area contributed by atoms with Gasteiger partial charge < -0.3 is 4.42 Å². The van der Waals surface area contributed by atoms with Crippen LogP contribution in [0, 0.1) is 30.3 Å². The molecule has 130 valence electrons. The number of nitro groups is 3. The maximum atomic E-state index is 10.9. The predicted octanol–water partition coefficient (Wildman–Crippen LogP) is 3.13. The second-order valence-corrected chi connectivity index (χ2v) is 4.97. The van der Waals surface area contributed by atoms with E-state index in [1.165, 1.54) is 24.3 Å². The zero-order valence-electron chi connectivity index (χ0n) is 12.6. The lowest BCUT2D eigenvalue weighted by Crippen LogP contribution is -1.94. The first kappa shape index (κ1) is 16.6. The van der Waals surface area contributed by atoms with Gasteiger partial charge in [0.1, 0.15) is 0 Å². The Kier molecular flexibility index (Phi) is 4.06. The highest BCUT2D eigenvalue weighted by molar-refractivity contribution is 5.64. The Morgan fingerprint density at radius 3 is 1.58 bits per heavy atom. The van der Waals surface area contributed by atoms with Crippen LogP contribution in [0.4, 0.5) is 17.1 Å². The lowest BCUT2D eigenvalue weighted by atomic mass is 10.1. The van der Waals surface area contributed by atoms with E-state index in [4.69, 9.17) is 4.42 Å². The Morgan fingerprint density at radius 1 is 0.654 bits per heavy atom. The van der Waals surface area contributed by atoms with Gasteiger partial charge in [0, 0.05) is 29.8 Å². The third-order valence-corrected chi connectivity index (χ3v) is 3.32. The first-order chi connectivity index (χ1) is 12.3. The average molecular weight is 357 g/mol. The van der Waals surface area contributed by atoms with Crippen LogP contribution in [0.2, 0.25) is 0 Å². The molecule has 3 rings (SSSR count). The van der Waals surface area contributed by atoms with Gasteiger partial charge in [-0.25, -0.2) is 0 Å². The van der Waals surface area contributed by atoms with E-state index < -0.39 is 26.1 Å². The molecule has 26 heavy (non-hydrogen) atoms. The maximum Gasteiger partial charge on any atom is 0.277 e. The zero-order valence-corrected chi connectivity index (χ0v) is 12.6. The second kappa shape index (κ2) is 6.35. The van der Waals surface area contributed by atoms with Crippen LogP contribution in [0.15, 0.2) is 46.9 Å². The number of benzene rings is 2. The van der Waals surface area contributed by atoms with Crippen molar-refractivity contribution in [3.63, 3.8) is 0 Å². The molecule has 0 N–H and O–H groups in total. The summed E-state index contributed by atoms with van der Waals surface area (Å²) in [5.41, 5.74) is -0.725. The smallest absolute Gasteiger partial charge is 0.277 e. The summed E-state index contributed by atoms with van der Waals surface area (Å²) in [6.07, 6.45) is 0. The Labute approximate surface area is 143 Å². The summed E-state index contributed by atoms with van der Waals surface area (Å²) in [6.45, 7) is 0. The molecule has 0 spiro atoms. The molecule has 0 saturated carbocycles. The van der Waals surface area contributed by atoms with Crippen molar-refractivity contribution in [1.82, 2.24) is 10.2 Å². The molecule has 1 heterocycles. The molecule has 0 bridgehead atoms. The van der Waals surface area contributed by atoms with Crippen LogP contribution < -0.4 is 0 Å². The second-order valence-electron chi connectivity index (χ2n) is 4.97. The lowest BCUT2D eigenvalue weighted by Gasteiger charge is -1.98. The molecule has 0 amide bonds. The molecule has 0 saturated heterocycles. The quantitative estimate of drug-likeness (QED) is 0.491. The number of nitro benzene ring substituents is 3. The van der Waals surface area contributed by atoms with E-state index in [1.807, 2.05) is 0 Å². The van der Waals surface area contributed by atoms with Crippen LogP contribution in [-0.4, -0.2) is 25.0 Å². The summed E-state index contributed by atoms with van der Waals surface area (Å²) in [5, 5.41) is 40.0. The molecule has 0 radical (unpaired) electrons. The number of aromatic nitrogens is 2. The fraction of sp³-hybridized carbons (Fsp3) is 0. The molecule has 12 nitrogen and oxygen atoms in total. The van der Waals surface area contributed by atoms with Gasteiger partial charge >= 0.3 is 0 Å². The molecule has 0 fully saturated rings. The van der Waals surface area contributed by atoms with Crippen molar-refractivity contribution in [2.45, 2.75) is 0 Å². The lowest BCUT2D eigenvalue weighted by molar-refractivity contribution is -0.394. The van der Waals surface area contributed by atoms with E-state index in [0.29, 0.717) is 5.56 Å². The molecule has 2 aromatic carbocycles. The van der Waals surface area contributed by atoms with E-state index in [1.54, 1.807) is 0 Å². The Bertz CT molecular complexity index is 996. The van der Waals surface area contributed by atoms with Crippen molar-refractivity contribution in [3.05, 3.63) is 72.8 Å².